The third-order valence-corrected chi connectivity index (χ3v) is 3.07. The van der Waals surface area contributed by atoms with Crippen molar-refractivity contribution in [1.82, 2.24) is 18.7 Å². The highest BCUT2D eigenvalue weighted by atomic mass is 35.5. The summed E-state index contributed by atoms with van der Waals surface area (Å²) < 4.78 is 2.52. The van der Waals surface area contributed by atoms with Crippen molar-refractivity contribution in [3.8, 4) is 11.4 Å². The van der Waals surface area contributed by atoms with Gasteiger partial charge in [-0.15, -0.1) is 5.10 Å². The normalized spacial score (nSPS) is 11.0. The highest BCUT2D eigenvalue weighted by Gasteiger charge is 2.11. The summed E-state index contributed by atoms with van der Waals surface area (Å²) >= 11 is 6.05. The zero-order valence-corrected chi connectivity index (χ0v) is 10.3. The molecule has 0 aliphatic carbocycles. The van der Waals surface area contributed by atoms with Crippen molar-refractivity contribution in [2.45, 2.75) is 6.92 Å². The van der Waals surface area contributed by atoms with Crippen LogP contribution in [0, 0.1) is 6.92 Å². The van der Waals surface area contributed by atoms with E-state index in [1.54, 1.807) is 6.92 Å². The molecule has 0 saturated carbocycles. The van der Waals surface area contributed by atoms with Crippen LogP contribution in [0.25, 0.3) is 17.2 Å². The van der Waals surface area contributed by atoms with E-state index in [1.807, 2.05) is 30.3 Å². The average Bonchev–Trinajstić information content (AvgIpc) is 2.83. The summed E-state index contributed by atoms with van der Waals surface area (Å²) in [6.07, 6.45) is 0. The molecule has 1 aromatic carbocycles. The smallest absolute Gasteiger partial charge is 0.267 e. The van der Waals surface area contributed by atoms with Gasteiger partial charge in [0.05, 0.1) is 0 Å². The van der Waals surface area contributed by atoms with Crippen LogP contribution < -0.4 is 5.56 Å². The molecule has 6 heteroatoms. The fraction of sp³-hybridized carbons (Fsp3) is 0.0833. The number of benzene rings is 1. The van der Waals surface area contributed by atoms with Gasteiger partial charge in [-0.2, -0.15) is 9.50 Å². The Hall–Kier alpha value is -2.14. The third kappa shape index (κ3) is 1.60. The standard InChI is InChI=1S/C12H9ClN4O/c1-8-7-10(18)17-12(16(8)13)14-11(15-17)9-5-3-2-4-6-9/h2-7H,1H3. The second-order valence-electron chi connectivity index (χ2n) is 3.92. The first kappa shape index (κ1) is 11.0. The number of aromatic nitrogens is 4. The molecule has 0 radical (unpaired) electrons. The van der Waals surface area contributed by atoms with E-state index in [9.17, 15) is 4.79 Å². The SMILES string of the molecule is Cc1cc(=O)n2nc(-c3ccccc3)nc2n1Cl. The lowest BCUT2D eigenvalue weighted by Gasteiger charge is -1.99. The van der Waals surface area contributed by atoms with Gasteiger partial charge in [-0.25, -0.2) is 4.09 Å². The fourth-order valence-electron chi connectivity index (χ4n) is 1.74. The first-order valence-electron chi connectivity index (χ1n) is 5.38. The lowest BCUT2D eigenvalue weighted by molar-refractivity contribution is 0.876. The van der Waals surface area contributed by atoms with E-state index in [1.165, 1.54) is 14.7 Å². The molecular formula is C12H9ClN4O. The number of halogens is 1. The molecule has 0 atom stereocenters. The molecule has 0 saturated heterocycles. The zero-order chi connectivity index (χ0) is 12.7. The maximum atomic E-state index is 11.8. The second kappa shape index (κ2) is 3.96. The molecule has 0 N–H and O–H groups in total. The molecular weight excluding hydrogens is 252 g/mol. The van der Waals surface area contributed by atoms with Gasteiger partial charge in [0, 0.05) is 29.1 Å². The monoisotopic (exact) mass is 260 g/mol. The highest BCUT2D eigenvalue weighted by Crippen LogP contribution is 2.15. The van der Waals surface area contributed by atoms with Crippen molar-refractivity contribution < 1.29 is 0 Å². The number of hydrogen-bond acceptors (Lipinski definition) is 3. The first-order valence-corrected chi connectivity index (χ1v) is 5.71. The summed E-state index contributed by atoms with van der Waals surface area (Å²) in [4.78, 5) is 16.1. The molecule has 0 fully saturated rings. The van der Waals surface area contributed by atoms with E-state index in [-0.39, 0.29) is 5.56 Å². The van der Waals surface area contributed by atoms with Crippen LogP contribution in [0.1, 0.15) is 5.69 Å². The fourth-order valence-corrected chi connectivity index (χ4v) is 1.90. The van der Waals surface area contributed by atoms with Gasteiger partial charge in [0.25, 0.3) is 11.3 Å². The van der Waals surface area contributed by atoms with Gasteiger partial charge in [0.2, 0.25) is 0 Å². The Kier molecular flexibility index (Phi) is 2.41. The van der Waals surface area contributed by atoms with Crippen molar-refractivity contribution >= 4 is 17.6 Å². The molecule has 18 heavy (non-hydrogen) atoms. The molecule has 2 aromatic heterocycles. The topological polar surface area (TPSA) is 52.2 Å². The zero-order valence-electron chi connectivity index (χ0n) is 9.54. The van der Waals surface area contributed by atoms with Crippen LogP contribution in [0.2, 0.25) is 0 Å². The van der Waals surface area contributed by atoms with Gasteiger partial charge >= 0.3 is 0 Å². The van der Waals surface area contributed by atoms with Gasteiger partial charge in [0.15, 0.2) is 5.82 Å². The Morgan fingerprint density at radius 3 is 2.67 bits per heavy atom. The lowest BCUT2D eigenvalue weighted by Crippen LogP contribution is -2.16. The minimum atomic E-state index is -0.242. The van der Waals surface area contributed by atoms with Crippen molar-refractivity contribution in [2.75, 3.05) is 0 Å². The summed E-state index contributed by atoms with van der Waals surface area (Å²) in [5.74, 6) is 0.799. The molecule has 3 aromatic rings. The van der Waals surface area contributed by atoms with Gasteiger partial charge < -0.3 is 0 Å². The van der Waals surface area contributed by atoms with Crippen LogP contribution in [0.3, 0.4) is 0 Å². The summed E-state index contributed by atoms with van der Waals surface area (Å²) in [7, 11) is 0. The van der Waals surface area contributed by atoms with Crippen molar-refractivity contribution in [3.05, 3.63) is 52.4 Å². The molecule has 0 spiro atoms. The second-order valence-corrected chi connectivity index (χ2v) is 4.26. The molecule has 0 bridgehead atoms. The summed E-state index contributed by atoms with van der Waals surface area (Å²) in [6, 6.07) is 10.9. The van der Waals surface area contributed by atoms with Crippen LogP contribution in [0.15, 0.2) is 41.2 Å². The van der Waals surface area contributed by atoms with E-state index in [0.717, 1.165) is 5.56 Å². The Morgan fingerprint density at radius 1 is 1.22 bits per heavy atom. The maximum Gasteiger partial charge on any atom is 0.275 e. The van der Waals surface area contributed by atoms with E-state index in [4.69, 9.17) is 11.8 Å². The van der Waals surface area contributed by atoms with Gasteiger partial charge in [-0.3, -0.25) is 4.79 Å². The van der Waals surface area contributed by atoms with Crippen molar-refractivity contribution in [1.29, 1.82) is 0 Å². The van der Waals surface area contributed by atoms with Crippen LogP contribution in [-0.2, 0) is 0 Å². The van der Waals surface area contributed by atoms with Crippen LogP contribution in [-0.4, -0.2) is 18.7 Å². The quantitative estimate of drug-likeness (QED) is 0.671. The molecule has 90 valence electrons. The highest BCUT2D eigenvalue weighted by molar-refractivity contribution is 6.17. The van der Waals surface area contributed by atoms with Crippen molar-refractivity contribution in [2.24, 2.45) is 0 Å². The molecule has 0 aliphatic rings. The summed E-state index contributed by atoms with van der Waals surface area (Å²) in [5, 5.41) is 4.17. The average molecular weight is 261 g/mol. The third-order valence-electron chi connectivity index (χ3n) is 2.65. The predicted molar refractivity (Wildman–Crippen MR) is 68.7 cm³/mol. The number of aryl methyl sites for hydroxylation is 1. The van der Waals surface area contributed by atoms with E-state index in [0.29, 0.717) is 17.3 Å². The minimum absolute atomic E-state index is 0.242. The van der Waals surface area contributed by atoms with Crippen LogP contribution in [0.4, 0.5) is 0 Å². The number of rotatable bonds is 1. The number of hydrogen-bond donors (Lipinski definition) is 0. The lowest BCUT2D eigenvalue weighted by atomic mass is 10.2. The minimum Gasteiger partial charge on any atom is -0.267 e. The Labute approximate surface area is 107 Å². The molecule has 0 amide bonds. The van der Waals surface area contributed by atoms with E-state index < -0.39 is 0 Å². The van der Waals surface area contributed by atoms with Gasteiger partial charge in [-0.05, 0) is 6.92 Å². The van der Waals surface area contributed by atoms with Gasteiger partial charge in [-0.1, -0.05) is 30.3 Å². The Balaban J connectivity index is 2.33. The molecule has 0 unspecified atom stereocenters. The van der Waals surface area contributed by atoms with Crippen LogP contribution >= 0.6 is 11.8 Å². The Morgan fingerprint density at radius 2 is 1.94 bits per heavy atom. The number of fused-ring (bicyclic) bond motifs is 1. The summed E-state index contributed by atoms with van der Waals surface area (Å²) in [5.41, 5.74) is 1.23. The maximum absolute atomic E-state index is 11.8. The largest absolute Gasteiger partial charge is 0.275 e. The molecule has 3 rings (SSSR count). The first-order chi connectivity index (χ1) is 8.66. The number of nitrogens with zero attached hydrogens (tertiary/aromatic N) is 4. The van der Waals surface area contributed by atoms with E-state index in [2.05, 4.69) is 10.1 Å². The Bertz CT molecular complexity index is 776. The molecule has 0 aliphatic heterocycles. The van der Waals surface area contributed by atoms with Crippen LogP contribution in [0.5, 0.6) is 0 Å². The predicted octanol–water partition coefficient (Wildman–Crippen LogP) is 1.87. The molecule has 5 nitrogen and oxygen atoms in total. The van der Waals surface area contributed by atoms with E-state index >= 15 is 0 Å². The van der Waals surface area contributed by atoms with Crippen molar-refractivity contribution in [3.63, 3.8) is 0 Å². The summed E-state index contributed by atoms with van der Waals surface area (Å²) in [6.45, 7) is 1.74. The van der Waals surface area contributed by atoms with Gasteiger partial charge in [0.1, 0.15) is 0 Å². The molecule has 2 heterocycles.